The van der Waals surface area contributed by atoms with Crippen LogP contribution in [0.2, 0.25) is 0 Å². The lowest BCUT2D eigenvalue weighted by atomic mass is 10.2. The molecule has 1 atom stereocenters. The summed E-state index contributed by atoms with van der Waals surface area (Å²) >= 11 is 1.59. The largest absolute Gasteiger partial charge is 0.331 e. The Hall–Kier alpha value is -2.51. The molecule has 0 bridgehead atoms. The van der Waals surface area contributed by atoms with Gasteiger partial charge in [0.1, 0.15) is 0 Å². The van der Waals surface area contributed by atoms with Crippen LogP contribution in [0, 0.1) is 0 Å². The Morgan fingerprint density at radius 1 is 1.24 bits per heavy atom. The highest BCUT2D eigenvalue weighted by Crippen LogP contribution is 2.26. The minimum Gasteiger partial charge on any atom is -0.331 e. The van der Waals surface area contributed by atoms with Crippen molar-refractivity contribution in [2.24, 2.45) is 0 Å². The van der Waals surface area contributed by atoms with Crippen LogP contribution < -0.4 is 5.32 Å². The van der Waals surface area contributed by atoms with Crippen molar-refractivity contribution < 1.29 is 4.79 Å². The maximum atomic E-state index is 12.9. The first kappa shape index (κ1) is 16.0. The molecule has 1 saturated heterocycles. The molecular formula is C18H19N5OS. The number of amides is 1. The Balaban J connectivity index is 1.76. The van der Waals surface area contributed by atoms with Crippen molar-refractivity contribution in [1.82, 2.24) is 25.0 Å². The zero-order chi connectivity index (χ0) is 17.2. The van der Waals surface area contributed by atoms with E-state index in [9.17, 15) is 4.79 Å². The van der Waals surface area contributed by atoms with E-state index in [1.54, 1.807) is 16.0 Å². The number of carbonyl (C=O) groups excluding carboxylic acids is 1. The summed E-state index contributed by atoms with van der Waals surface area (Å²) in [5.74, 6) is 0.842. The lowest BCUT2D eigenvalue weighted by Gasteiger charge is -2.33. The lowest BCUT2D eigenvalue weighted by molar-refractivity contribution is 0.0643. The zero-order valence-electron chi connectivity index (χ0n) is 13.9. The van der Waals surface area contributed by atoms with Gasteiger partial charge in [0.2, 0.25) is 5.82 Å². The predicted octanol–water partition coefficient (Wildman–Crippen LogP) is 2.43. The van der Waals surface area contributed by atoms with Crippen LogP contribution in [0.1, 0.15) is 17.5 Å². The van der Waals surface area contributed by atoms with Crippen molar-refractivity contribution in [3.05, 3.63) is 53.7 Å². The standard InChI is InChI=1S/C18H19N5OS/c1-13-12-19-9-10-22(13)18(24)16-20-17(15-8-5-11-25-15)23(21-16)14-6-3-2-4-7-14/h2-8,11,13,19H,9-10,12H2,1H3/t13-/m0/s1. The van der Waals surface area contributed by atoms with Crippen LogP contribution in [0.3, 0.4) is 0 Å². The highest BCUT2D eigenvalue weighted by molar-refractivity contribution is 7.13. The Bertz CT molecular complexity index is 859. The molecule has 1 aromatic carbocycles. The highest BCUT2D eigenvalue weighted by atomic mass is 32.1. The van der Waals surface area contributed by atoms with Crippen LogP contribution in [0.15, 0.2) is 47.8 Å². The molecule has 1 aliphatic rings. The van der Waals surface area contributed by atoms with Crippen molar-refractivity contribution in [1.29, 1.82) is 0 Å². The molecule has 1 aliphatic heterocycles. The van der Waals surface area contributed by atoms with Gasteiger partial charge < -0.3 is 10.2 Å². The number of nitrogens with zero attached hydrogens (tertiary/aromatic N) is 4. The van der Waals surface area contributed by atoms with E-state index < -0.39 is 0 Å². The first-order valence-corrected chi connectivity index (χ1v) is 9.20. The highest BCUT2D eigenvalue weighted by Gasteiger charge is 2.28. The first-order chi connectivity index (χ1) is 12.2. The third kappa shape index (κ3) is 3.08. The van der Waals surface area contributed by atoms with Crippen molar-refractivity contribution in [2.75, 3.05) is 19.6 Å². The number of carbonyl (C=O) groups is 1. The minimum absolute atomic E-state index is 0.110. The number of para-hydroxylation sites is 1. The van der Waals surface area contributed by atoms with Gasteiger partial charge in [0.05, 0.1) is 10.6 Å². The summed E-state index contributed by atoms with van der Waals surface area (Å²) in [6.07, 6.45) is 0. The van der Waals surface area contributed by atoms with Gasteiger partial charge in [0.25, 0.3) is 5.91 Å². The molecule has 6 nitrogen and oxygen atoms in total. The molecule has 128 valence electrons. The van der Waals surface area contributed by atoms with E-state index in [1.807, 2.05) is 59.7 Å². The minimum atomic E-state index is -0.110. The molecule has 0 unspecified atom stereocenters. The van der Waals surface area contributed by atoms with E-state index in [0.29, 0.717) is 12.4 Å². The molecule has 25 heavy (non-hydrogen) atoms. The van der Waals surface area contributed by atoms with E-state index in [-0.39, 0.29) is 17.8 Å². The van der Waals surface area contributed by atoms with Gasteiger partial charge in [-0.05, 0) is 30.5 Å². The summed E-state index contributed by atoms with van der Waals surface area (Å²) in [6.45, 7) is 4.31. The van der Waals surface area contributed by atoms with Crippen LogP contribution in [0.25, 0.3) is 16.4 Å². The molecule has 0 aliphatic carbocycles. The average molecular weight is 353 g/mol. The van der Waals surface area contributed by atoms with Crippen molar-refractivity contribution in [3.63, 3.8) is 0 Å². The molecule has 2 aromatic heterocycles. The summed E-state index contributed by atoms with van der Waals surface area (Å²) < 4.78 is 1.76. The number of piperazine rings is 1. The fourth-order valence-corrected chi connectivity index (χ4v) is 3.69. The fraction of sp³-hybridized carbons (Fsp3) is 0.278. The monoisotopic (exact) mass is 353 g/mol. The van der Waals surface area contributed by atoms with E-state index in [4.69, 9.17) is 0 Å². The molecule has 7 heteroatoms. The number of nitrogens with one attached hydrogen (secondary N) is 1. The molecule has 1 fully saturated rings. The van der Waals surface area contributed by atoms with Crippen LogP contribution in [-0.2, 0) is 0 Å². The van der Waals surface area contributed by atoms with Crippen molar-refractivity contribution in [2.45, 2.75) is 13.0 Å². The third-order valence-electron chi connectivity index (χ3n) is 4.30. The number of rotatable bonds is 3. The average Bonchev–Trinajstić information content (AvgIpc) is 3.32. The summed E-state index contributed by atoms with van der Waals surface area (Å²) in [7, 11) is 0. The molecule has 1 amide bonds. The summed E-state index contributed by atoms with van der Waals surface area (Å²) in [6, 6.07) is 13.9. The molecule has 0 saturated carbocycles. The summed E-state index contributed by atoms with van der Waals surface area (Å²) in [5.41, 5.74) is 0.894. The third-order valence-corrected chi connectivity index (χ3v) is 5.17. The van der Waals surface area contributed by atoms with Gasteiger partial charge in [-0.1, -0.05) is 24.3 Å². The number of hydrogen-bond acceptors (Lipinski definition) is 5. The Labute approximate surface area is 150 Å². The second-order valence-corrected chi connectivity index (χ2v) is 6.98. The number of benzene rings is 1. The zero-order valence-corrected chi connectivity index (χ0v) is 14.7. The van der Waals surface area contributed by atoms with Crippen molar-refractivity contribution in [3.8, 4) is 16.4 Å². The molecule has 1 N–H and O–H groups in total. The van der Waals surface area contributed by atoms with Crippen LogP contribution >= 0.6 is 11.3 Å². The Morgan fingerprint density at radius 3 is 2.80 bits per heavy atom. The number of hydrogen-bond donors (Lipinski definition) is 1. The van der Waals surface area contributed by atoms with Gasteiger partial charge in [-0.2, -0.15) is 0 Å². The second kappa shape index (κ2) is 6.78. The normalized spacial score (nSPS) is 17.6. The maximum Gasteiger partial charge on any atom is 0.293 e. The lowest BCUT2D eigenvalue weighted by Crippen LogP contribution is -2.52. The maximum absolute atomic E-state index is 12.9. The predicted molar refractivity (Wildman–Crippen MR) is 98.0 cm³/mol. The van der Waals surface area contributed by atoms with E-state index in [1.165, 1.54) is 0 Å². The SMILES string of the molecule is C[C@H]1CNCCN1C(=O)c1nc(-c2cccs2)n(-c2ccccc2)n1. The quantitative estimate of drug-likeness (QED) is 0.785. The van der Waals surface area contributed by atoms with Crippen LogP contribution in [-0.4, -0.2) is 51.2 Å². The molecule has 3 heterocycles. The van der Waals surface area contributed by atoms with Gasteiger partial charge in [0.15, 0.2) is 5.82 Å². The number of thiophene rings is 1. The van der Waals surface area contributed by atoms with Gasteiger partial charge in [0, 0.05) is 25.7 Å². The Kier molecular flexibility index (Phi) is 4.33. The summed E-state index contributed by atoms with van der Waals surface area (Å²) in [4.78, 5) is 20.4. The second-order valence-electron chi connectivity index (χ2n) is 6.04. The van der Waals surface area contributed by atoms with Crippen LogP contribution in [0.4, 0.5) is 0 Å². The molecule has 0 spiro atoms. The molecule has 3 aromatic rings. The first-order valence-electron chi connectivity index (χ1n) is 8.32. The summed E-state index contributed by atoms with van der Waals surface area (Å²) in [5, 5.41) is 9.84. The smallest absolute Gasteiger partial charge is 0.293 e. The van der Waals surface area contributed by atoms with Gasteiger partial charge in [-0.25, -0.2) is 9.67 Å². The Morgan fingerprint density at radius 2 is 2.08 bits per heavy atom. The van der Waals surface area contributed by atoms with Gasteiger partial charge in [-0.15, -0.1) is 16.4 Å². The van der Waals surface area contributed by atoms with Crippen LogP contribution in [0.5, 0.6) is 0 Å². The van der Waals surface area contributed by atoms with Gasteiger partial charge >= 0.3 is 0 Å². The molecule has 4 rings (SSSR count). The van der Waals surface area contributed by atoms with Gasteiger partial charge in [-0.3, -0.25) is 4.79 Å². The fourth-order valence-electron chi connectivity index (χ4n) is 2.99. The topological polar surface area (TPSA) is 63.1 Å². The van der Waals surface area contributed by atoms with E-state index in [0.717, 1.165) is 23.7 Å². The van der Waals surface area contributed by atoms with Crippen molar-refractivity contribution >= 4 is 17.2 Å². The van der Waals surface area contributed by atoms with E-state index >= 15 is 0 Å². The number of aromatic nitrogens is 3. The molecular weight excluding hydrogens is 334 g/mol. The van der Waals surface area contributed by atoms with E-state index in [2.05, 4.69) is 15.4 Å². The molecule has 0 radical (unpaired) electrons.